The molecular formula is C11H11F3N4O2S. The summed E-state index contributed by atoms with van der Waals surface area (Å²) in [5, 5.41) is 5.30. The van der Waals surface area contributed by atoms with Crippen LogP contribution in [0.25, 0.3) is 11.4 Å². The smallest absolute Gasteiger partial charge is 0.264 e. The number of alkyl halides is 3. The van der Waals surface area contributed by atoms with Gasteiger partial charge in [0.05, 0.1) is 5.75 Å². The minimum absolute atomic E-state index is 0.0695. The average molecular weight is 320 g/mol. The summed E-state index contributed by atoms with van der Waals surface area (Å²) in [6, 6.07) is 1.52. The zero-order valence-corrected chi connectivity index (χ0v) is 11.7. The van der Waals surface area contributed by atoms with Gasteiger partial charge in [0.25, 0.3) is 0 Å². The van der Waals surface area contributed by atoms with Crippen molar-refractivity contribution in [3.8, 4) is 11.4 Å². The van der Waals surface area contributed by atoms with Crippen molar-refractivity contribution in [3.05, 3.63) is 29.8 Å². The maximum atomic E-state index is 12.4. The van der Waals surface area contributed by atoms with Crippen LogP contribution < -0.4 is 0 Å². The van der Waals surface area contributed by atoms with Crippen molar-refractivity contribution >= 4 is 9.84 Å². The Hall–Kier alpha value is -1.97. The molecule has 0 saturated carbocycles. The maximum Gasteiger partial charge on any atom is 0.451 e. The van der Waals surface area contributed by atoms with E-state index < -0.39 is 21.8 Å². The third-order valence-corrected chi connectivity index (χ3v) is 3.51. The van der Waals surface area contributed by atoms with Gasteiger partial charge in [-0.05, 0) is 18.1 Å². The molecule has 1 N–H and O–H groups in total. The Labute approximate surface area is 118 Å². The molecule has 0 spiro atoms. The van der Waals surface area contributed by atoms with Gasteiger partial charge in [-0.1, -0.05) is 0 Å². The van der Waals surface area contributed by atoms with E-state index in [0.29, 0.717) is 5.56 Å². The van der Waals surface area contributed by atoms with Crippen LogP contribution in [0.3, 0.4) is 0 Å². The van der Waals surface area contributed by atoms with Crippen LogP contribution in [0.2, 0.25) is 0 Å². The van der Waals surface area contributed by atoms with Crippen LogP contribution in [0.1, 0.15) is 11.4 Å². The summed E-state index contributed by atoms with van der Waals surface area (Å²) in [6.07, 6.45) is -0.517. The molecule has 0 aliphatic carbocycles. The zero-order valence-electron chi connectivity index (χ0n) is 10.8. The predicted octanol–water partition coefficient (Wildman–Crippen LogP) is 1.47. The molecule has 0 amide bonds. The van der Waals surface area contributed by atoms with E-state index in [4.69, 9.17) is 0 Å². The number of aromatic amines is 1. The van der Waals surface area contributed by atoms with Crippen LogP contribution >= 0.6 is 0 Å². The second-order valence-electron chi connectivity index (χ2n) is 4.47. The monoisotopic (exact) mass is 320 g/mol. The van der Waals surface area contributed by atoms with Crippen molar-refractivity contribution in [2.24, 2.45) is 0 Å². The number of aryl methyl sites for hydroxylation is 1. The van der Waals surface area contributed by atoms with E-state index in [0.717, 1.165) is 6.26 Å². The highest BCUT2D eigenvalue weighted by Gasteiger charge is 2.35. The van der Waals surface area contributed by atoms with Crippen molar-refractivity contribution in [2.75, 3.05) is 12.0 Å². The number of H-pyrrole nitrogens is 1. The number of rotatable bonds is 4. The van der Waals surface area contributed by atoms with Crippen LogP contribution in [0.4, 0.5) is 13.2 Å². The largest absolute Gasteiger partial charge is 0.451 e. The topological polar surface area (TPSA) is 88.6 Å². The van der Waals surface area contributed by atoms with Crippen molar-refractivity contribution in [3.63, 3.8) is 0 Å². The highest BCUT2D eigenvalue weighted by Crippen LogP contribution is 2.27. The molecule has 2 aromatic rings. The molecule has 10 heteroatoms. The molecule has 2 aromatic heterocycles. The standard InChI is InChI=1S/C11H11F3N4O2S/c1-21(19,20)3-2-7-4-8(6-15-5-7)9-16-10(18-17-9)11(12,13)14/h4-6H,2-3H2,1H3,(H,16,17,18). The van der Waals surface area contributed by atoms with Crippen molar-refractivity contribution < 1.29 is 21.6 Å². The number of nitrogens with zero attached hydrogens (tertiary/aromatic N) is 3. The van der Waals surface area contributed by atoms with Gasteiger partial charge in [-0.15, -0.1) is 0 Å². The van der Waals surface area contributed by atoms with Gasteiger partial charge in [0.15, 0.2) is 5.82 Å². The Kier molecular flexibility index (Phi) is 3.99. The summed E-state index contributed by atoms with van der Waals surface area (Å²) in [4.78, 5) is 7.21. The van der Waals surface area contributed by atoms with Crippen LogP contribution in [0.5, 0.6) is 0 Å². The fourth-order valence-corrected chi connectivity index (χ4v) is 2.17. The second-order valence-corrected chi connectivity index (χ2v) is 6.73. The van der Waals surface area contributed by atoms with Crippen LogP contribution in [0.15, 0.2) is 18.5 Å². The Morgan fingerprint density at radius 3 is 2.57 bits per heavy atom. The molecule has 0 aromatic carbocycles. The SMILES string of the molecule is CS(=O)(=O)CCc1cncc(-c2n[nH]c(C(F)(F)F)n2)c1. The third-order valence-electron chi connectivity index (χ3n) is 2.57. The minimum atomic E-state index is -4.60. The summed E-state index contributed by atoms with van der Waals surface area (Å²) in [5.74, 6) is -1.41. The molecule has 2 rings (SSSR count). The molecule has 6 nitrogen and oxygen atoms in total. The molecule has 0 fully saturated rings. The highest BCUT2D eigenvalue weighted by atomic mass is 32.2. The number of hydrogen-bond donors (Lipinski definition) is 1. The lowest BCUT2D eigenvalue weighted by atomic mass is 10.1. The molecule has 0 unspecified atom stereocenters. The van der Waals surface area contributed by atoms with E-state index in [1.165, 1.54) is 18.5 Å². The first-order valence-electron chi connectivity index (χ1n) is 5.77. The number of pyridine rings is 1. The van der Waals surface area contributed by atoms with E-state index in [1.807, 2.05) is 5.10 Å². The molecule has 0 bridgehead atoms. The first kappa shape index (κ1) is 15.4. The van der Waals surface area contributed by atoms with E-state index >= 15 is 0 Å². The van der Waals surface area contributed by atoms with Crippen molar-refractivity contribution in [1.82, 2.24) is 20.2 Å². The Morgan fingerprint density at radius 2 is 2.00 bits per heavy atom. The highest BCUT2D eigenvalue weighted by molar-refractivity contribution is 7.90. The van der Waals surface area contributed by atoms with Crippen LogP contribution in [-0.2, 0) is 22.4 Å². The fraction of sp³-hybridized carbons (Fsp3) is 0.364. The average Bonchev–Trinajstić information content (AvgIpc) is 2.85. The molecular weight excluding hydrogens is 309 g/mol. The third kappa shape index (κ3) is 4.25. The Morgan fingerprint density at radius 1 is 1.29 bits per heavy atom. The van der Waals surface area contributed by atoms with Gasteiger partial charge in [0, 0.05) is 24.2 Å². The molecule has 0 aliphatic rings. The van der Waals surface area contributed by atoms with E-state index in [1.54, 1.807) is 0 Å². The van der Waals surface area contributed by atoms with Gasteiger partial charge in [0.2, 0.25) is 5.82 Å². The Balaban J connectivity index is 2.23. The minimum Gasteiger partial charge on any atom is -0.264 e. The summed E-state index contributed by atoms with van der Waals surface area (Å²) in [5.41, 5.74) is 0.865. The summed E-state index contributed by atoms with van der Waals surface area (Å²) in [7, 11) is -3.13. The van der Waals surface area contributed by atoms with Gasteiger partial charge < -0.3 is 0 Å². The molecule has 21 heavy (non-hydrogen) atoms. The quantitative estimate of drug-likeness (QED) is 0.921. The summed E-state index contributed by atoms with van der Waals surface area (Å²) >= 11 is 0. The van der Waals surface area contributed by atoms with Gasteiger partial charge >= 0.3 is 6.18 Å². The molecule has 114 valence electrons. The van der Waals surface area contributed by atoms with Gasteiger partial charge in [-0.3, -0.25) is 10.1 Å². The lowest BCUT2D eigenvalue weighted by Gasteiger charge is -2.02. The van der Waals surface area contributed by atoms with Crippen molar-refractivity contribution in [1.29, 1.82) is 0 Å². The lowest BCUT2D eigenvalue weighted by Crippen LogP contribution is -2.07. The maximum absolute atomic E-state index is 12.4. The number of sulfone groups is 1. The van der Waals surface area contributed by atoms with Crippen molar-refractivity contribution in [2.45, 2.75) is 12.6 Å². The lowest BCUT2D eigenvalue weighted by molar-refractivity contribution is -0.144. The first-order valence-corrected chi connectivity index (χ1v) is 7.83. The number of aromatic nitrogens is 4. The van der Waals surface area contributed by atoms with E-state index in [9.17, 15) is 21.6 Å². The zero-order chi connectivity index (χ0) is 15.7. The molecule has 0 radical (unpaired) electrons. The number of halogens is 3. The second kappa shape index (κ2) is 5.43. The van der Waals surface area contributed by atoms with Crippen LogP contribution in [-0.4, -0.2) is 40.6 Å². The predicted molar refractivity (Wildman–Crippen MR) is 68.0 cm³/mol. The van der Waals surface area contributed by atoms with E-state index in [-0.39, 0.29) is 23.6 Å². The Bertz CT molecular complexity index is 740. The van der Waals surface area contributed by atoms with Gasteiger partial charge in [0.1, 0.15) is 9.84 Å². The van der Waals surface area contributed by atoms with Gasteiger partial charge in [-0.2, -0.15) is 18.3 Å². The fourth-order valence-electron chi connectivity index (χ4n) is 1.57. The molecule has 0 saturated heterocycles. The molecule has 0 atom stereocenters. The van der Waals surface area contributed by atoms with Gasteiger partial charge in [-0.25, -0.2) is 13.4 Å². The first-order chi connectivity index (χ1) is 9.65. The summed E-state index contributed by atoms with van der Waals surface area (Å²) in [6.45, 7) is 0. The molecule has 2 heterocycles. The number of hydrogen-bond acceptors (Lipinski definition) is 5. The normalized spacial score (nSPS) is 12.6. The van der Waals surface area contributed by atoms with Crippen LogP contribution in [0, 0.1) is 0 Å². The van der Waals surface area contributed by atoms with E-state index in [2.05, 4.69) is 15.1 Å². The number of nitrogens with one attached hydrogen (secondary N) is 1. The molecule has 0 aliphatic heterocycles. The summed E-state index contributed by atoms with van der Waals surface area (Å²) < 4.78 is 59.5.